The van der Waals surface area contributed by atoms with Gasteiger partial charge in [-0.15, -0.1) is 0 Å². The zero-order chi connectivity index (χ0) is 16.9. The number of ether oxygens (including phenoxy) is 1. The van der Waals surface area contributed by atoms with Crippen molar-refractivity contribution in [2.75, 3.05) is 6.61 Å². The van der Waals surface area contributed by atoms with Crippen molar-refractivity contribution in [1.29, 1.82) is 5.26 Å². The van der Waals surface area contributed by atoms with Gasteiger partial charge in [-0.3, -0.25) is 4.79 Å². The first kappa shape index (κ1) is 17.1. The number of nitrogens with zero attached hydrogens (tertiary/aromatic N) is 3. The molecule has 1 aromatic heterocycles. The summed E-state index contributed by atoms with van der Waals surface area (Å²) in [4.78, 5) is 15.8. The Hall–Kier alpha value is -2.23. The number of benzene rings is 1. The highest BCUT2D eigenvalue weighted by atomic mass is 28.3. The quantitative estimate of drug-likeness (QED) is 0.443. The molecule has 0 aliphatic rings. The number of nitriles is 1. The van der Waals surface area contributed by atoms with Gasteiger partial charge in [-0.2, -0.15) is 5.26 Å². The third-order valence-electron chi connectivity index (χ3n) is 3.50. The molecule has 0 atom stereocenters. The molecule has 5 nitrogen and oxygen atoms in total. The van der Waals surface area contributed by atoms with Crippen LogP contribution in [0.5, 0.6) is 0 Å². The number of hydrogen-bond acceptors (Lipinski definition) is 4. The van der Waals surface area contributed by atoms with Crippen molar-refractivity contribution in [1.82, 2.24) is 9.55 Å². The van der Waals surface area contributed by atoms with E-state index in [2.05, 4.69) is 30.7 Å². The zero-order valence-electron chi connectivity index (χ0n) is 13.7. The lowest BCUT2D eigenvalue weighted by Crippen LogP contribution is -2.22. The summed E-state index contributed by atoms with van der Waals surface area (Å²) >= 11 is 0. The number of aromatic nitrogens is 2. The van der Waals surface area contributed by atoms with Crippen LogP contribution in [0.25, 0.3) is 11.3 Å². The Morgan fingerprint density at radius 3 is 2.57 bits per heavy atom. The van der Waals surface area contributed by atoms with Crippen molar-refractivity contribution in [2.24, 2.45) is 0 Å². The maximum atomic E-state index is 11.4. The van der Waals surface area contributed by atoms with Crippen molar-refractivity contribution in [3.05, 3.63) is 41.9 Å². The van der Waals surface area contributed by atoms with E-state index in [1.807, 2.05) is 0 Å². The number of imidazole rings is 1. The SMILES string of the molecule is C[Si](C)(C)CCOCn1cnc(-c2ccc(C#N)cc2)c1C=O. The smallest absolute Gasteiger partial charge is 0.168 e. The van der Waals surface area contributed by atoms with E-state index >= 15 is 0 Å². The predicted molar refractivity (Wildman–Crippen MR) is 91.9 cm³/mol. The molecule has 1 aromatic carbocycles. The van der Waals surface area contributed by atoms with Crippen molar-refractivity contribution in [3.8, 4) is 17.3 Å². The molecule has 0 saturated carbocycles. The second-order valence-corrected chi connectivity index (χ2v) is 12.2. The van der Waals surface area contributed by atoms with E-state index in [9.17, 15) is 4.79 Å². The summed E-state index contributed by atoms with van der Waals surface area (Å²) in [6.07, 6.45) is 2.41. The molecule has 0 aliphatic carbocycles. The zero-order valence-corrected chi connectivity index (χ0v) is 14.7. The van der Waals surface area contributed by atoms with Crippen molar-refractivity contribution < 1.29 is 9.53 Å². The number of hydrogen-bond donors (Lipinski definition) is 0. The van der Waals surface area contributed by atoms with Crippen LogP contribution in [0.3, 0.4) is 0 Å². The first-order valence-electron chi connectivity index (χ1n) is 7.53. The first-order chi connectivity index (χ1) is 10.9. The van der Waals surface area contributed by atoms with Crippen LogP contribution in [-0.4, -0.2) is 30.5 Å². The predicted octanol–water partition coefficient (Wildman–Crippen LogP) is 3.55. The Morgan fingerprint density at radius 1 is 1.30 bits per heavy atom. The van der Waals surface area contributed by atoms with Gasteiger partial charge in [-0.25, -0.2) is 4.98 Å². The van der Waals surface area contributed by atoms with Gasteiger partial charge in [0.25, 0.3) is 0 Å². The van der Waals surface area contributed by atoms with Gasteiger partial charge in [0.15, 0.2) is 6.29 Å². The Kier molecular flexibility index (Phi) is 5.48. The van der Waals surface area contributed by atoms with Crippen LogP contribution in [0.2, 0.25) is 25.7 Å². The third-order valence-corrected chi connectivity index (χ3v) is 5.21. The topological polar surface area (TPSA) is 67.9 Å². The molecule has 2 aromatic rings. The normalized spacial score (nSPS) is 11.2. The van der Waals surface area contributed by atoms with Gasteiger partial charge in [0.1, 0.15) is 12.4 Å². The van der Waals surface area contributed by atoms with Crippen LogP contribution in [0, 0.1) is 11.3 Å². The van der Waals surface area contributed by atoms with Crippen LogP contribution in [-0.2, 0) is 11.5 Å². The number of carbonyl (C=O) groups excluding carboxylic acids is 1. The highest BCUT2D eigenvalue weighted by molar-refractivity contribution is 6.76. The summed E-state index contributed by atoms with van der Waals surface area (Å²) in [6.45, 7) is 7.91. The lowest BCUT2D eigenvalue weighted by atomic mass is 10.1. The fourth-order valence-corrected chi connectivity index (χ4v) is 2.84. The summed E-state index contributed by atoms with van der Waals surface area (Å²) < 4.78 is 7.39. The highest BCUT2D eigenvalue weighted by Crippen LogP contribution is 2.21. The minimum Gasteiger partial charge on any atom is -0.361 e. The molecule has 120 valence electrons. The van der Waals surface area contributed by atoms with E-state index in [1.54, 1.807) is 35.2 Å². The number of carbonyl (C=O) groups is 1. The molecule has 0 saturated heterocycles. The van der Waals surface area contributed by atoms with Crippen LogP contribution in [0.1, 0.15) is 16.1 Å². The molecular weight excluding hydrogens is 306 g/mol. The van der Waals surface area contributed by atoms with Crippen LogP contribution >= 0.6 is 0 Å². The van der Waals surface area contributed by atoms with Gasteiger partial charge >= 0.3 is 0 Å². The van der Waals surface area contributed by atoms with Crippen LogP contribution in [0.15, 0.2) is 30.6 Å². The van der Waals surface area contributed by atoms with Gasteiger partial charge in [-0.05, 0) is 18.2 Å². The maximum absolute atomic E-state index is 11.4. The first-order valence-corrected chi connectivity index (χ1v) is 11.2. The molecular formula is C17H21N3O2Si. The molecule has 2 rings (SSSR count). The maximum Gasteiger partial charge on any atom is 0.168 e. The van der Waals surface area contributed by atoms with E-state index in [0.29, 0.717) is 30.3 Å². The second kappa shape index (κ2) is 7.35. The molecule has 1 heterocycles. The lowest BCUT2D eigenvalue weighted by Gasteiger charge is -2.15. The van der Waals surface area contributed by atoms with Gasteiger partial charge < -0.3 is 9.30 Å². The Bertz CT molecular complexity index is 709. The average Bonchev–Trinajstić information content (AvgIpc) is 2.93. The largest absolute Gasteiger partial charge is 0.361 e. The molecule has 0 N–H and O–H groups in total. The van der Waals surface area contributed by atoms with E-state index in [-0.39, 0.29) is 0 Å². The van der Waals surface area contributed by atoms with E-state index in [4.69, 9.17) is 10.00 Å². The third kappa shape index (κ3) is 4.62. The summed E-state index contributed by atoms with van der Waals surface area (Å²) in [5, 5.41) is 8.84. The fraction of sp³-hybridized carbons (Fsp3) is 0.353. The molecule has 0 spiro atoms. The van der Waals surface area contributed by atoms with Crippen LogP contribution < -0.4 is 0 Å². The van der Waals surface area contributed by atoms with Crippen molar-refractivity contribution in [2.45, 2.75) is 32.4 Å². The standard InChI is InChI=1S/C17H21N3O2Si/c1-23(2,3)9-8-22-13-20-12-19-17(16(20)11-21)15-6-4-14(10-18)5-7-15/h4-7,11-12H,8-9,13H2,1-3H3. The van der Waals surface area contributed by atoms with Gasteiger partial charge in [0.05, 0.1) is 23.7 Å². The fourth-order valence-electron chi connectivity index (χ4n) is 2.08. The summed E-state index contributed by atoms with van der Waals surface area (Å²) in [7, 11) is -1.12. The van der Waals surface area contributed by atoms with Crippen molar-refractivity contribution in [3.63, 3.8) is 0 Å². The van der Waals surface area contributed by atoms with Crippen LogP contribution in [0.4, 0.5) is 0 Å². The Morgan fingerprint density at radius 2 is 2.00 bits per heavy atom. The molecule has 0 aliphatic heterocycles. The molecule has 6 heteroatoms. The monoisotopic (exact) mass is 327 g/mol. The minimum absolute atomic E-state index is 0.321. The summed E-state index contributed by atoms with van der Waals surface area (Å²) in [6, 6.07) is 10.2. The number of aldehydes is 1. The van der Waals surface area contributed by atoms with Crippen molar-refractivity contribution >= 4 is 14.4 Å². The van der Waals surface area contributed by atoms with E-state index in [0.717, 1.165) is 17.9 Å². The molecule has 0 radical (unpaired) electrons. The molecule has 0 amide bonds. The Labute approximate surface area is 137 Å². The molecule has 0 unspecified atom stereocenters. The summed E-state index contributed by atoms with van der Waals surface area (Å²) in [5.74, 6) is 0. The molecule has 23 heavy (non-hydrogen) atoms. The van der Waals surface area contributed by atoms with Gasteiger partial charge in [-0.1, -0.05) is 31.8 Å². The van der Waals surface area contributed by atoms with E-state index in [1.165, 1.54) is 0 Å². The number of rotatable bonds is 7. The Balaban J connectivity index is 2.10. The molecule has 0 bridgehead atoms. The van der Waals surface area contributed by atoms with Gasteiger partial charge in [0, 0.05) is 20.2 Å². The second-order valence-electron chi connectivity index (χ2n) is 6.60. The highest BCUT2D eigenvalue weighted by Gasteiger charge is 2.14. The minimum atomic E-state index is -1.12. The summed E-state index contributed by atoms with van der Waals surface area (Å²) in [5.41, 5.74) is 2.49. The average molecular weight is 327 g/mol. The van der Waals surface area contributed by atoms with E-state index < -0.39 is 8.07 Å². The molecule has 0 fully saturated rings. The van der Waals surface area contributed by atoms with Gasteiger partial charge in [0.2, 0.25) is 0 Å². The lowest BCUT2D eigenvalue weighted by molar-refractivity contribution is 0.0835.